The quantitative estimate of drug-likeness (QED) is 0.394. The smallest absolute Gasteiger partial charge is 0.334 e. The molecule has 0 aromatic rings. The molecule has 3 aliphatic heterocycles. The number of epoxide rings is 2. The summed E-state index contributed by atoms with van der Waals surface area (Å²) in [5.74, 6) is 0.434. The first kappa shape index (κ1) is 19.3. The lowest BCUT2D eigenvalue weighted by molar-refractivity contribution is -0.182. The van der Waals surface area contributed by atoms with Gasteiger partial charge in [-0.05, 0) is 49.0 Å². The Morgan fingerprint density at radius 3 is 2.77 bits per heavy atom. The van der Waals surface area contributed by atoms with Crippen molar-refractivity contribution < 1.29 is 33.3 Å². The van der Waals surface area contributed by atoms with E-state index in [2.05, 4.69) is 20.8 Å². The van der Waals surface area contributed by atoms with Crippen LogP contribution in [0.5, 0.6) is 0 Å². The Morgan fingerprint density at radius 1 is 1.23 bits per heavy atom. The summed E-state index contributed by atoms with van der Waals surface area (Å²) in [4.78, 5) is 23.5. The first-order chi connectivity index (χ1) is 14.3. The first-order valence-corrected chi connectivity index (χ1v) is 11.3. The van der Waals surface area contributed by atoms with Crippen LogP contribution in [-0.4, -0.2) is 54.9 Å². The molecule has 8 atom stereocenters. The van der Waals surface area contributed by atoms with Crippen molar-refractivity contribution in [1.29, 1.82) is 0 Å². The molecule has 0 amide bonds. The highest BCUT2D eigenvalue weighted by atomic mass is 16.7. The molecule has 4 fully saturated rings. The van der Waals surface area contributed by atoms with Gasteiger partial charge in [0.25, 0.3) is 0 Å². The molecule has 7 heteroatoms. The fourth-order valence-corrected chi connectivity index (χ4v) is 7.68. The van der Waals surface area contributed by atoms with Crippen LogP contribution in [0.4, 0.5) is 0 Å². The number of rotatable bonds is 4. The van der Waals surface area contributed by atoms with E-state index in [4.69, 9.17) is 23.7 Å². The Balaban J connectivity index is 1.39. The lowest BCUT2D eigenvalue weighted by Crippen LogP contribution is -2.67. The summed E-state index contributed by atoms with van der Waals surface area (Å²) >= 11 is 0. The van der Waals surface area contributed by atoms with Crippen LogP contribution in [0.25, 0.3) is 0 Å². The minimum absolute atomic E-state index is 0.0343. The second-order valence-electron chi connectivity index (χ2n) is 10.5. The lowest BCUT2D eigenvalue weighted by Gasteiger charge is -2.54. The number of esters is 2. The molecule has 0 radical (unpaired) electrons. The van der Waals surface area contributed by atoms with Crippen LogP contribution in [0.3, 0.4) is 0 Å². The molecule has 2 saturated carbocycles. The molecule has 8 unspecified atom stereocenters. The van der Waals surface area contributed by atoms with Crippen LogP contribution in [-0.2, 0) is 33.3 Å². The Hall–Kier alpha value is -1.44. The normalized spacial score (nSPS) is 50.0. The molecule has 2 spiro atoms. The summed E-state index contributed by atoms with van der Waals surface area (Å²) < 4.78 is 30.0. The van der Waals surface area contributed by atoms with Crippen molar-refractivity contribution in [3.63, 3.8) is 0 Å². The number of ether oxygens (including phenoxy) is 5. The van der Waals surface area contributed by atoms with Gasteiger partial charge in [-0.15, -0.1) is 0 Å². The predicted molar refractivity (Wildman–Crippen MR) is 103 cm³/mol. The molecule has 6 rings (SSSR count). The monoisotopic (exact) mass is 418 g/mol. The Labute approximate surface area is 176 Å². The largest absolute Gasteiger partial charge is 0.458 e. The first-order valence-electron chi connectivity index (χ1n) is 11.3. The Bertz CT molecular complexity index is 864. The minimum Gasteiger partial charge on any atom is -0.458 e. The van der Waals surface area contributed by atoms with E-state index in [-0.39, 0.29) is 54.3 Å². The van der Waals surface area contributed by atoms with Crippen LogP contribution in [0, 0.1) is 23.2 Å². The molecule has 6 aliphatic rings. The average molecular weight is 418 g/mol. The van der Waals surface area contributed by atoms with E-state index < -0.39 is 11.2 Å². The highest BCUT2D eigenvalue weighted by Gasteiger charge is 2.93. The maximum Gasteiger partial charge on any atom is 0.334 e. The minimum atomic E-state index is -0.488. The van der Waals surface area contributed by atoms with Crippen LogP contribution in [0.15, 0.2) is 11.1 Å². The van der Waals surface area contributed by atoms with Crippen LogP contribution in [0.1, 0.15) is 53.4 Å². The number of cyclic esters (lactones) is 1. The molecule has 0 N–H and O–H groups in total. The Kier molecular flexibility index (Phi) is 3.77. The highest BCUT2D eigenvalue weighted by Crippen LogP contribution is 2.79. The van der Waals surface area contributed by atoms with Gasteiger partial charge in [0.2, 0.25) is 0 Å². The number of carbonyl (C=O) groups is 2. The van der Waals surface area contributed by atoms with Crippen molar-refractivity contribution >= 4 is 11.9 Å². The fourth-order valence-electron chi connectivity index (χ4n) is 7.68. The van der Waals surface area contributed by atoms with E-state index >= 15 is 0 Å². The van der Waals surface area contributed by atoms with Gasteiger partial charge in [-0.25, -0.2) is 4.79 Å². The van der Waals surface area contributed by atoms with Gasteiger partial charge in [0, 0.05) is 17.9 Å². The maximum atomic E-state index is 12.2. The lowest BCUT2D eigenvalue weighted by atomic mass is 9.46. The predicted octanol–water partition coefficient (Wildman–Crippen LogP) is 2.52. The summed E-state index contributed by atoms with van der Waals surface area (Å²) in [5.41, 5.74) is 1.05. The average Bonchev–Trinajstić information content (AvgIpc) is 3.56. The van der Waals surface area contributed by atoms with Gasteiger partial charge in [-0.3, -0.25) is 4.79 Å². The van der Waals surface area contributed by atoms with E-state index in [1.807, 2.05) is 0 Å². The fraction of sp³-hybridized carbons (Fsp3) is 0.826. The highest BCUT2D eigenvalue weighted by molar-refractivity contribution is 5.92. The number of hydrogen-bond donors (Lipinski definition) is 0. The molecule has 7 nitrogen and oxygen atoms in total. The van der Waals surface area contributed by atoms with Gasteiger partial charge >= 0.3 is 11.9 Å². The molecule has 164 valence electrons. The molecule has 0 aromatic carbocycles. The number of carbonyl (C=O) groups excluding carboxylic acids is 2. The molecule has 2 saturated heterocycles. The zero-order valence-electron chi connectivity index (χ0n) is 18.1. The van der Waals surface area contributed by atoms with E-state index in [1.54, 1.807) is 0 Å². The number of fused-ring (bicyclic) bond motifs is 2. The van der Waals surface area contributed by atoms with E-state index in [9.17, 15) is 9.59 Å². The van der Waals surface area contributed by atoms with Crippen molar-refractivity contribution in [3.05, 3.63) is 11.1 Å². The summed E-state index contributed by atoms with van der Waals surface area (Å²) in [6, 6.07) is 0. The second kappa shape index (κ2) is 5.87. The zero-order chi connectivity index (χ0) is 21.1. The maximum absolute atomic E-state index is 12.2. The van der Waals surface area contributed by atoms with Crippen molar-refractivity contribution in [2.24, 2.45) is 23.2 Å². The topological polar surface area (TPSA) is 86.9 Å². The Morgan fingerprint density at radius 2 is 2.03 bits per heavy atom. The summed E-state index contributed by atoms with van der Waals surface area (Å²) in [5, 5.41) is 0. The van der Waals surface area contributed by atoms with Gasteiger partial charge in [0.15, 0.2) is 12.4 Å². The van der Waals surface area contributed by atoms with Crippen LogP contribution in [0.2, 0.25) is 0 Å². The SMILES string of the molecule is CC(=O)OCOC1C(C(C)C)CC2OC23C2(C)CCC4=C(COC4=O)C2CC2OC213. The van der Waals surface area contributed by atoms with Crippen molar-refractivity contribution in [2.45, 2.75) is 82.9 Å². The third-order valence-corrected chi connectivity index (χ3v) is 9.10. The van der Waals surface area contributed by atoms with Crippen molar-refractivity contribution in [1.82, 2.24) is 0 Å². The molecule has 30 heavy (non-hydrogen) atoms. The van der Waals surface area contributed by atoms with Crippen molar-refractivity contribution in [2.75, 3.05) is 13.4 Å². The zero-order valence-corrected chi connectivity index (χ0v) is 18.1. The third kappa shape index (κ3) is 2.07. The van der Waals surface area contributed by atoms with Gasteiger partial charge < -0.3 is 23.7 Å². The molecule has 0 bridgehead atoms. The van der Waals surface area contributed by atoms with E-state index in [1.165, 1.54) is 12.5 Å². The van der Waals surface area contributed by atoms with Gasteiger partial charge in [0.05, 0.1) is 18.3 Å². The molecular formula is C23H30O7. The van der Waals surface area contributed by atoms with Gasteiger partial charge in [0.1, 0.15) is 12.2 Å². The molecule has 0 aromatic heterocycles. The van der Waals surface area contributed by atoms with Crippen LogP contribution < -0.4 is 0 Å². The number of hydrogen-bond acceptors (Lipinski definition) is 7. The molecule has 3 aliphatic carbocycles. The van der Waals surface area contributed by atoms with Crippen molar-refractivity contribution in [3.8, 4) is 0 Å². The molecular weight excluding hydrogens is 388 g/mol. The molecule has 3 heterocycles. The summed E-state index contributed by atoms with van der Waals surface area (Å²) in [6.45, 7) is 8.49. The van der Waals surface area contributed by atoms with Gasteiger partial charge in [-0.2, -0.15) is 0 Å². The van der Waals surface area contributed by atoms with E-state index in [0.717, 1.165) is 31.3 Å². The van der Waals surface area contributed by atoms with E-state index in [0.29, 0.717) is 12.5 Å². The van der Waals surface area contributed by atoms with Crippen LogP contribution >= 0.6 is 0 Å². The standard InChI is InChI=1S/C23H30O7/c1-11(2)14-7-18-23(30-18)21(4)6-5-13-15(9-26-20(13)25)16(21)8-17-22(23,29-17)19(14)28-10-27-12(3)24/h11,14,16-19H,5-10H2,1-4H3. The third-order valence-electron chi connectivity index (χ3n) is 9.10. The van der Waals surface area contributed by atoms with Gasteiger partial charge in [-0.1, -0.05) is 20.8 Å². The summed E-state index contributed by atoms with van der Waals surface area (Å²) in [7, 11) is 0. The second-order valence-corrected chi connectivity index (χ2v) is 10.5. The summed E-state index contributed by atoms with van der Waals surface area (Å²) in [6.07, 6.45) is 3.43.